The number of alkyl halides is 1. The summed E-state index contributed by atoms with van der Waals surface area (Å²) in [6.45, 7) is 3.95. The highest BCUT2D eigenvalue weighted by Gasteiger charge is 2.26. The lowest BCUT2D eigenvalue weighted by Gasteiger charge is -2.34. The summed E-state index contributed by atoms with van der Waals surface area (Å²) in [5.41, 5.74) is 1.10. The van der Waals surface area contributed by atoms with Gasteiger partial charge in [0.05, 0.1) is 6.42 Å². The van der Waals surface area contributed by atoms with Gasteiger partial charge in [0, 0.05) is 17.9 Å². The van der Waals surface area contributed by atoms with Gasteiger partial charge in [-0.1, -0.05) is 65.3 Å². The van der Waals surface area contributed by atoms with Crippen molar-refractivity contribution >= 4 is 32.6 Å². The smallest absolute Gasteiger partial charge is 0.227 e. The zero-order chi connectivity index (χ0) is 14.8. The summed E-state index contributed by atoms with van der Waals surface area (Å²) < 4.78 is 0. The predicted octanol–water partition coefficient (Wildman–Crippen LogP) is 4.01. The van der Waals surface area contributed by atoms with Crippen molar-refractivity contribution in [1.29, 1.82) is 0 Å². The van der Waals surface area contributed by atoms with E-state index in [-0.39, 0.29) is 5.91 Å². The minimum absolute atomic E-state index is 0.238. The van der Waals surface area contributed by atoms with Gasteiger partial charge in [0.25, 0.3) is 0 Å². The van der Waals surface area contributed by atoms with Crippen LogP contribution in [0, 0.1) is 5.92 Å². The fourth-order valence-electron chi connectivity index (χ4n) is 2.88. The molecule has 1 aliphatic rings. The van der Waals surface area contributed by atoms with Crippen molar-refractivity contribution in [3.63, 3.8) is 0 Å². The standard InChI is InChI=1S/C18H20BrNO/c1-13-8-9-20(12-17(13)19)18(21)11-14-6-7-15-4-2-3-5-16(15)10-14/h2-7,10,13,17H,8-9,11-12H2,1H3. The van der Waals surface area contributed by atoms with E-state index in [2.05, 4.69) is 53.2 Å². The number of hydrogen-bond donors (Lipinski definition) is 0. The minimum atomic E-state index is 0.238. The van der Waals surface area contributed by atoms with E-state index < -0.39 is 0 Å². The Labute approximate surface area is 134 Å². The van der Waals surface area contributed by atoms with E-state index in [4.69, 9.17) is 0 Å². The summed E-state index contributed by atoms with van der Waals surface area (Å²) in [5.74, 6) is 0.886. The molecule has 0 radical (unpaired) electrons. The van der Waals surface area contributed by atoms with Crippen molar-refractivity contribution in [3.8, 4) is 0 Å². The number of amides is 1. The van der Waals surface area contributed by atoms with E-state index in [1.165, 1.54) is 10.8 Å². The van der Waals surface area contributed by atoms with Gasteiger partial charge in [0.1, 0.15) is 0 Å². The first kappa shape index (κ1) is 14.6. The average molecular weight is 346 g/mol. The predicted molar refractivity (Wildman–Crippen MR) is 90.7 cm³/mol. The molecule has 21 heavy (non-hydrogen) atoms. The van der Waals surface area contributed by atoms with Crippen LogP contribution in [0.25, 0.3) is 10.8 Å². The van der Waals surface area contributed by atoms with Crippen molar-refractivity contribution in [3.05, 3.63) is 48.0 Å². The number of nitrogens with zero attached hydrogens (tertiary/aromatic N) is 1. The lowest BCUT2D eigenvalue weighted by atomic mass is 9.98. The van der Waals surface area contributed by atoms with Crippen LogP contribution in [-0.2, 0) is 11.2 Å². The highest BCUT2D eigenvalue weighted by molar-refractivity contribution is 9.09. The zero-order valence-electron chi connectivity index (χ0n) is 12.3. The van der Waals surface area contributed by atoms with Gasteiger partial charge in [-0.15, -0.1) is 0 Å². The number of rotatable bonds is 2. The van der Waals surface area contributed by atoms with Crippen LogP contribution in [0.1, 0.15) is 18.9 Å². The molecule has 0 aliphatic carbocycles. The molecule has 1 aliphatic heterocycles. The topological polar surface area (TPSA) is 20.3 Å². The number of fused-ring (bicyclic) bond motifs is 1. The number of carbonyl (C=O) groups excluding carboxylic acids is 1. The number of piperidine rings is 1. The van der Waals surface area contributed by atoms with Gasteiger partial charge in [-0.25, -0.2) is 0 Å². The summed E-state index contributed by atoms with van der Waals surface area (Å²) in [6, 6.07) is 14.6. The highest BCUT2D eigenvalue weighted by atomic mass is 79.9. The minimum Gasteiger partial charge on any atom is -0.341 e. The normalized spacial score (nSPS) is 22.5. The van der Waals surface area contributed by atoms with Gasteiger partial charge >= 0.3 is 0 Å². The van der Waals surface area contributed by atoms with Crippen molar-refractivity contribution in [2.24, 2.45) is 5.92 Å². The average Bonchev–Trinajstić information content (AvgIpc) is 2.50. The molecule has 2 atom stereocenters. The largest absolute Gasteiger partial charge is 0.341 e. The molecular formula is C18H20BrNO. The molecule has 1 heterocycles. The molecule has 0 spiro atoms. The first-order chi connectivity index (χ1) is 10.1. The van der Waals surface area contributed by atoms with Gasteiger partial charge in [-0.2, -0.15) is 0 Å². The fourth-order valence-corrected chi connectivity index (χ4v) is 3.50. The van der Waals surface area contributed by atoms with Gasteiger partial charge in [-0.3, -0.25) is 4.79 Å². The first-order valence-electron chi connectivity index (χ1n) is 7.53. The third-order valence-electron chi connectivity index (χ3n) is 4.39. The van der Waals surface area contributed by atoms with Crippen molar-refractivity contribution < 1.29 is 4.79 Å². The third-order valence-corrected chi connectivity index (χ3v) is 5.58. The molecule has 2 nitrogen and oxygen atoms in total. The van der Waals surface area contributed by atoms with Crippen LogP contribution in [0.4, 0.5) is 0 Å². The van der Waals surface area contributed by atoms with E-state index in [0.717, 1.165) is 25.1 Å². The zero-order valence-corrected chi connectivity index (χ0v) is 13.8. The number of halogens is 1. The lowest BCUT2D eigenvalue weighted by molar-refractivity contribution is -0.131. The number of likely N-dealkylation sites (tertiary alicyclic amines) is 1. The summed E-state index contributed by atoms with van der Waals surface area (Å²) >= 11 is 3.69. The Balaban J connectivity index is 1.71. The maximum absolute atomic E-state index is 12.5. The Kier molecular flexibility index (Phi) is 4.29. The Bertz CT molecular complexity index is 654. The van der Waals surface area contributed by atoms with Gasteiger partial charge in [-0.05, 0) is 28.7 Å². The van der Waals surface area contributed by atoms with Gasteiger partial charge < -0.3 is 4.90 Å². The quantitative estimate of drug-likeness (QED) is 0.753. The van der Waals surface area contributed by atoms with Crippen LogP contribution in [0.5, 0.6) is 0 Å². The highest BCUT2D eigenvalue weighted by Crippen LogP contribution is 2.24. The molecule has 0 N–H and O–H groups in total. The first-order valence-corrected chi connectivity index (χ1v) is 8.44. The molecule has 1 fully saturated rings. The molecule has 2 aromatic rings. The van der Waals surface area contributed by atoms with Crippen LogP contribution < -0.4 is 0 Å². The van der Waals surface area contributed by atoms with Crippen LogP contribution in [0.15, 0.2) is 42.5 Å². The Morgan fingerprint density at radius 2 is 2.00 bits per heavy atom. The van der Waals surface area contributed by atoms with Gasteiger partial charge in [0.15, 0.2) is 0 Å². The summed E-state index contributed by atoms with van der Waals surface area (Å²) in [4.78, 5) is 14.9. The Morgan fingerprint density at radius 3 is 2.76 bits per heavy atom. The fraction of sp³-hybridized carbons (Fsp3) is 0.389. The Hall–Kier alpha value is -1.35. The van der Waals surface area contributed by atoms with E-state index in [1.807, 2.05) is 17.0 Å². The van der Waals surface area contributed by atoms with Crippen LogP contribution in [0.2, 0.25) is 0 Å². The summed E-state index contributed by atoms with van der Waals surface area (Å²) in [5, 5.41) is 2.43. The van der Waals surface area contributed by atoms with Crippen LogP contribution in [0.3, 0.4) is 0 Å². The van der Waals surface area contributed by atoms with Crippen molar-refractivity contribution in [2.75, 3.05) is 13.1 Å². The second-order valence-electron chi connectivity index (χ2n) is 5.98. The Morgan fingerprint density at radius 1 is 1.24 bits per heavy atom. The second kappa shape index (κ2) is 6.18. The van der Waals surface area contributed by atoms with E-state index in [9.17, 15) is 4.79 Å². The number of hydrogen-bond acceptors (Lipinski definition) is 1. The molecule has 0 bridgehead atoms. The van der Waals surface area contributed by atoms with Crippen LogP contribution in [-0.4, -0.2) is 28.7 Å². The molecule has 1 saturated heterocycles. The number of carbonyl (C=O) groups is 1. The van der Waals surface area contributed by atoms with Crippen molar-refractivity contribution in [1.82, 2.24) is 4.90 Å². The molecule has 3 rings (SSSR count). The van der Waals surface area contributed by atoms with E-state index in [0.29, 0.717) is 17.2 Å². The van der Waals surface area contributed by atoms with Crippen LogP contribution >= 0.6 is 15.9 Å². The molecule has 0 aromatic heterocycles. The number of benzene rings is 2. The molecule has 2 unspecified atom stereocenters. The maximum atomic E-state index is 12.5. The monoisotopic (exact) mass is 345 g/mol. The van der Waals surface area contributed by atoms with E-state index in [1.54, 1.807) is 0 Å². The summed E-state index contributed by atoms with van der Waals surface area (Å²) in [7, 11) is 0. The second-order valence-corrected chi connectivity index (χ2v) is 7.16. The molecular weight excluding hydrogens is 326 g/mol. The van der Waals surface area contributed by atoms with Gasteiger partial charge in [0.2, 0.25) is 5.91 Å². The van der Waals surface area contributed by atoms with Crippen molar-refractivity contribution in [2.45, 2.75) is 24.6 Å². The molecule has 3 heteroatoms. The molecule has 110 valence electrons. The molecule has 2 aromatic carbocycles. The third kappa shape index (κ3) is 3.29. The molecule has 1 amide bonds. The molecule has 0 saturated carbocycles. The SMILES string of the molecule is CC1CCN(C(=O)Cc2ccc3ccccc3c2)CC1Br. The summed E-state index contributed by atoms with van der Waals surface area (Å²) in [6.07, 6.45) is 1.58. The van der Waals surface area contributed by atoms with E-state index >= 15 is 0 Å². The maximum Gasteiger partial charge on any atom is 0.227 e. The lowest BCUT2D eigenvalue weighted by Crippen LogP contribution is -2.44.